The minimum Gasteiger partial charge on any atom is -0.374 e. The first kappa shape index (κ1) is 6.22. The van der Waals surface area contributed by atoms with Crippen LogP contribution in [0.15, 0.2) is 12.3 Å². The van der Waals surface area contributed by atoms with E-state index >= 15 is 0 Å². The number of aryl methyl sites for hydroxylation is 1. The number of hydrogen-bond donors (Lipinski definition) is 1. The van der Waals surface area contributed by atoms with Gasteiger partial charge in [0.15, 0.2) is 5.11 Å². The van der Waals surface area contributed by atoms with Gasteiger partial charge in [-0.05, 0) is 25.2 Å². The van der Waals surface area contributed by atoms with Gasteiger partial charge in [0.25, 0.3) is 0 Å². The normalized spacial score (nSPS) is 9.44. The van der Waals surface area contributed by atoms with Gasteiger partial charge in [0.1, 0.15) is 0 Å². The van der Waals surface area contributed by atoms with E-state index in [1.807, 2.05) is 13.0 Å². The van der Waals surface area contributed by atoms with Gasteiger partial charge >= 0.3 is 0 Å². The summed E-state index contributed by atoms with van der Waals surface area (Å²) in [6, 6.07) is 1.85. The Morgan fingerprint density at radius 1 is 1.89 bits per heavy atom. The average Bonchev–Trinajstić information content (AvgIpc) is 2.13. The third kappa shape index (κ3) is 1.08. The second-order valence-electron chi connectivity index (χ2n) is 1.72. The predicted octanol–water partition coefficient (Wildman–Crippen LogP) is 0.283. The summed E-state index contributed by atoms with van der Waals surface area (Å²) in [5.41, 5.74) is 6.25. The molecule has 0 saturated carbocycles. The molecule has 0 bridgehead atoms. The van der Waals surface area contributed by atoms with E-state index in [0.717, 1.165) is 5.69 Å². The van der Waals surface area contributed by atoms with Gasteiger partial charge < -0.3 is 5.73 Å². The summed E-state index contributed by atoms with van der Waals surface area (Å²) in [5.74, 6) is 0. The SMILES string of the molecule is Cc1ccnn1C(N)=S. The molecule has 0 radical (unpaired) electrons. The molecule has 0 aliphatic carbocycles. The Balaban J connectivity index is 3.08. The van der Waals surface area contributed by atoms with Crippen molar-refractivity contribution in [2.45, 2.75) is 6.92 Å². The maximum absolute atomic E-state index is 5.29. The highest BCUT2D eigenvalue weighted by Gasteiger charge is 1.95. The molecule has 1 heterocycles. The van der Waals surface area contributed by atoms with Gasteiger partial charge in [-0.2, -0.15) is 5.10 Å². The van der Waals surface area contributed by atoms with Crippen LogP contribution >= 0.6 is 12.2 Å². The van der Waals surface area contributed by atoms with Crippen molar-refractivity contribution in [1.82, 2.24) is 9.78 Å². The second-order valence-corrected chi connectivity index (χ2v) is 2.14. The van der Waals surface area contributed by atoms with Crippen LogP contribution in [0.25, 0.3) is 0 Å². The maximum atomic E-state index is 5.29. The third-order valence-corrected chi connectivity index (χ3v) is 1.21. The van der Waals surface area contributed by atoms with Crippen molar-refractivity contribution in [2.75, 3.05) is 0 Å². The lowest BCUT2D eigenvalue weighted by molar-refractivity contribution is 0.903. The minimum absolute atomic E-state index is 0.289. The van der Waals surface area contributed by atoms with Crippen LogP contribution in [-0.2, 0) is 0 Å². The van der Waals surface area contributed by atoms with E-state index in [1.165, 1.54) is 4.68 Å². The molecule has 0 atom stereocenters. The summed E-state index contributed by atoms with van der Waals surface area (Å²) in [6.07, 6.45) is 1.66. The largest absolute Gasteiger partial charge is 0.374 e. The first-order valence-corrected chi connectivity index (χ1v) is 2.93. The molecule has 0 fully saturated rings. The topological polar surface area (TPSA) is 43.8 Å². The summed E-state index contributed by atoms with van der Waals surface area (Å²) >= 11 is 4.68. The molecule has 1 aromatic rings. The van der Waals surface area contributed by atoms with Crippen molar-refractivity contribution in [1.29, 1.82) is 0 Å². The van der Waals surface area contributed by atoms with Crippen LogP contribution in [0.3, 0.4) is 0 Å². The zero-order valence-electron chi connectivity index (χ0n) is 5.03. The number of nitrogens with two attached hydrogens (primary N) is 1. The molecule has 1 rings (SSSR count). The summed E-state index contributed by atoms with van der Waals surface area (Å²) < 4.78 is 1.51. The molecule has 0 aliphatic rings. The highest BCUT2D eigenvalue weighted by Crippen LogP contribution is 1.92. The number of thiocarbonyl (C=S) groups is 1. The Kier molecular flexibility index (Phi) is 1.48. The average molecular weight is 141 g/mol. The molecule has 3 nitrogen and oxygen atoms in total. The maximum Gasteiger partial charge on any atom is 0.191 e. The van der Waals surface area contributed by atoms with E-state index < -0.39 is 0 Å². The van der Waals surface area contributed by atoms with E-state index in [-0.39, 0.29) is 5.11 Å². The van der Waals surface area contributed by atoms with Crippen molar-refractivity contribution in [3.63, 3.8) is 0 Å². The van der Waals surface area contributed by atoms with Crippen LogP contribution in [0.4, 0.5) is 0 Å². The van der Waals surface area contributed by atoms with Gasteiger partial charge in [-0.1, -0.05) is 0 Å². The Labute approximate surface area is 58.5 Å². The summed E-state index contributed by atoms with van der Waals surface area (Å²) in [7, 11) is 0. The highest BCUT2D eigenvalue weighted by molar-refractivity contribution is 7.80. The molecule has 9 heavy (non-hydrogen) atoms. The Morgan fingerprint density at radius 3 is 2.78 bits per heavy atom. The van der Waals surface area contributed by atoms with Crippen LogP contribution in [0.1, 0.15) is 5.69 Å². The van der Waals surface area contributed by atoms with E-state index in [0.29, 0.717) is 0 Å². The fourth-order valence-corrected chi connectivity index (χ4v) is 0.791. The quantitative estimate of drug-likeness (QED) is 0.528. The first-order chi connectivity index (χ1) is 4.22. The zero-order chi connectivity index (χ0) is 6.85. The van der Waals surface area contributed by atoms with Gasteiger partial charge in [-0.25, -0.2) is 4.68 Å². The Hall–Kier alpha value is -0.900. The van der Waals surface area contributed by atoms with Crippen molar-refractivity contribution in [3.05, 3.63) is 18.0 Å². The summed E-state index contributed by atoms with van der Waals surface area (Å²) in [4.78, 5) is 0. The fraction of sp³-hybridized carbons (Fsp3) is 0.200. The van der Waals surface area contributed by atoms with Crippen LogP contribution in [0, 0.1) is 6.92 Å². The second kappa shape index (κ2) is 2.14. The summed E-state index contributed by atoms with van der Waals surface area (Å²) in [6.45, 7) is 1.90. The summed E-state index contributed by atoms with van der Waals surface area (Å²) in [5, 5.41) is 4.16. The molecule has 0 spiro atoms. The lowest BCUT2D eigenvalue weighted by Crippen LogP contribution is -2.21. The molecule has 4 heteroatoms. The number of hydrogen-bond acceptors (Lipinski definition) is 2. The molecule has 48 valence electrons. The molecule has 0 unspecified atom stereocenters. The van der Waals surface area contributed by atoms with Gasteiger partial charge in [-0.15, -0.1) is 0 Å². The van der Waals surface area contributed by atoms with Gasteiger partial charge in [0.2, 0.25) is 0 Å². The third-order valence-electron chi connectivity index (χ3n) is 1.04. The van der Waals surface area contributed by atoms with Crippen LogP contribution in [0.2, 0.25) is 0 Å². The molecular weight excluding hydrogens is 134 g/mol. The van der Waals surface area contributed by atoms with Crippen LogP contribution in [0.5, 0.6) is 0 Å². The lowest BCUT2D eigenvalue weighted by Gasteiger charge is -1.96. The van der Waals surface area contributed by atoms with Crippen molar-refractivity contribution in [3.8, 4) is 0 Å². The smallest absolute Gasteiger partial charge is 0.191 e. The molecule has 0 aromatic carbocycles. The standard InChI is InChI=1S/C5H7N3S/c1-4-2-3-7-8(4)5(6)9/h2-3H,1H3,(H2,6,9). The van der Waals surface area contributed by atoms with Gasteiger partial charge in [0, 0.05) is 11.9 Å². The molecule has 2 N–H and O–H groups in total. The highest BCUT2D eigenvalue weighted by atomic mass is 32.1. The van der Waals surface area contributed by atoms with E-state index in [1.54, 1.807) is 6.20 Å². The first-order valence-electron chi connectivity index (χ1n) is 2.52. The monoisotopic (exact) mass is 141 g/mol. The van der Waals surface area contributed by atoms with Crippen LogP contribution < -0.4 is 5.73 Å². The molecular formula is C5H7N3S. The van der Waals surface area contributed by atoms with E-state index in [2.05, 4.69) is 17.3 Å². The van der Waals surface area contributed by atoms with E-state index in [9.17, 15) is 0 Å². The fourth-order valence-electron chi connectivity index (χ4n) is 0.600. The Morgan fingerprint density at radius 2 is 2.56 bits per heavy atom. The van der Waals surface area contributed by atoms with Gasteiger partial charge in [0.05, 0.1) is 0 Å². The van der Waals surface area contributed by atoms with Crippen molar-refractivity contribution < 1.29 is 0 Å². The van der Waals surface area contributed by atoms with Crippen LogP contribution in [-0.4, -0.2) is 14.9 Å². The molecule has 0 amide bonds. The molecule has 0 saturated heterocycles. The predicted molar refractivity (Wildman–Crippen MR) is 39.1 cm³/mol. The number of rotatable bonds is 0. The zero-order valence-corrected chi connectivity index (χ0v) is 5.85. The molecule has 0 aliphatic heterocycles. The number of nitrogens with zero attached hydrogens (tertiary/aromatic N) is 2. The Bertz CT molecular complexity index is 228. The van der Waals surface area contributed by atoms with Gasteiger partial charge in [-0.3, -0.25) is 0 Å². The van der Waals surface area contributed by atoms with Crippen molar-refractivity contribution >= 4 is 17.3 Å². The lowest BCUT2D eigenvalue weighted by atomic mass is 10.5. The molecule has 1 aromatic heterocycles. The van der Waals surface area contributed by atoms with E-state index in [4.69, 9.17) is 5.73 Å². The van der Waals surface area contributed by atoms with Crippen molar-refractivity contribution in [2.24, 2.45) is 5.73 Å². The minimum atomic E-state index is 0.289. The number of aromatic nitrogens is 2.